The van der Waals surface area contributed by atoms with Gasteiger partial charge >= 0.3 is 0 Å². The number of rotatable bonds is 6. The van der Waals surface area contributed by atoms with Gasteiger partial charge in [0, 0.05) is 71.6 Å². The van der Waals surface area contributed by atoms with Gasteiger partial charge in [0.05, 0.1) is 0 Å². The van der Waals surface area contributed by atoms with Crippen molar-refractivity contribution in [2.24, 2.45) is 5.92 Å². The van der Waals surface area contributed by atoms with Gasteiger partial charge in [-0.3, -0.25) is 9.97 Å². The fourth-order valence-corrected chi connectivity index (χ4v) is 4.04. The predicted molar refractivity (Wildman–Crippen MR) is 120 cm³/mol. The summed E-state index contributed by atoms with van der Waals surface area (Å²) in [6, 6.07) is 13.8. The Hall–Kier alpha value is -2.79. The van der Waals surface area contributed by atoms with Crippen LogP contribution in [0.3, 0.4) is 0 Å². The minimum atomic E-state index is 0.622. The molecule has 0 radical (unpaired) electrons. The number of nitrogen functional groups attached to an aromatic ring is 1. The van der Waals surface area contributed by atoms with E-state index in [0.29, 0.717) is 12.5 Å². The first-order chi connectivity index (χ1) is 14.2. The van der Waals surface area contributed by atoms with Crippen LogP contribution in [0.5, 0.6) is 0 Å². The Bertz CT molecular complexity index is 922. The van der Waals surface area contributed by atoms with E-state index in [0.717, 1.165) is 60.0 Å². The normalized spacial score (nSPS) is 14.7. The van der Waals surface area contributed by atoms with E-state index in [1.165, 1.54) is 5.69 Å². The number of piperidine rings is 1. The summed E-state index contributed by atoms with van der Waals surface area (Å²) in [5.74, 6) is 0.622. The summed E-state index contributed by atoms with van der Waals surface area (Å²) in [5, 5.41) is 4.17. The van der Waals surface area contributed by atoms with E-state index in [-0.39, 0.29) is 0 Å². The Morgan fingerprint density at radius 1 is 1.00 bits per heavy atom. The van der Waals surface area contributed by atoms with Gasteiger partial charge in [0.15, 0.2) is 0 Å². The van der Waals surface area contributed by atoms with Crippen molar-refractivity contribution in [3.8, 4) is 0 Å². The topological polar surface area (TPSA) is 67.1 Å². The van der Waals surface area contributed by atoms with Crippen LogP contribution in [0.2, 0.25) is 5.02 Å². The Balaban J connectivity index is 1.39. The number of hydrogen-bond donors (Lipinski definition) is 2. The predicted octanol–water partition coefficient (Wildman–Crippen LogP) is 4.78. The third-order valence-electron chi connectivity index (χ3n) is 5.62. The smallest absolute Gasteiger partial charge is 0.0476 e. The molecule has 0 unspecified atom stereocenters. The number of hydrogen-bond acceptors (Lipinski definition) is 5. The van der Waals surface area contributed by atoms with E-state index in [9.17, 15) is 0 Å². The molecular formula is C23H26ClN5. The molecule has 0 spiro atoms. The third kappa shape index (κ3) is 4.98. The monoisotopic (exact) mass is 407 g/mol. The van der Waals surface area contributed by atoms with Crippen LogP contribution in [0.4, 0.5) is 17.1 Å². The lowest BCUT2D eigenvalue weighted by Gasteiger charge is -2.33. The van der Waals surface area contributed by atoms with E-state index >= 15 is 0 Å². The van der Waals surface area contributed by atoms with E-state index in [4.69, 9.17) is 17.3 Å². The van der Waals surface area contributed by atoms with Gasteiger partial charge < -0.3 is 16.0 Å². The zero-order valence-corrected chi connectivity index (χ0v) is 17.1. The summed E-state index contributed by atoms with van der Waals surface area (Å²) in [6.45, 7) is 2.79. The van der Waals surface area contributed by atoms with Crippen LogP contribution in [-0.4, -0.2) is 23.1 Å². The molecule has 29 heavy (non-hydrogen) atoms. The number of nitrogens with one attached hydrogen (secondary N) is 1. The summed E-state index contributed by atoms with van der Waals surface area (Å²) in [5.41, 5.74) is 11.6. The van der Waals surface area contributed by atoms with Crippen molar-refractivity contribution in [2.75, 3.05) is 29.0 Å². The first-order valence-corrected chi connectivity index (χ1v) is 10.4. The maximum Gasteiger partial charge on any atom is 0.0476 e. The molecule has 0 atom stereocenters. The van der Waals surface area contributed by atoms with Crippen molar-refractivity contribution >= 4 is 28.7 Å². The Morgan fingerprint density at radius 2 is 1.72 bits per heavy atom. The zero-order valence-electron chi connectivity index (χ0n) is 16.4. The van der Waals surface area contributed by atoms with E-state index in [1.54, 1.807) is 0 Å². The van der Waals surface area contributed by atoms with Gasteiger partial charge in [-0.2, -0.15) is 0 Å². The SMILES string of the molecule is Nc1ccnc(CC2CCN(c3ccncc3)CC2)c1CNc1ccc(Cl)cc1. The lowest BCUT2D eigenvalue weighted by atomic mass is 9.90. The second kappa shape index (κ2) is 9.14. The highest BCUT2D eigenvalue weighted by Gasteiger charge is 2.21. The minimum absolute atomic E-state index is 0.622. The average Bonchev–Trinajstić information content (AvgIpc) is 2.76. The van der Waals surface area contributed by atoms with Crippen LogP contribution in [-0.2, 0) is 13.0 Å². The number of aromatic nitrogens is 2. The second-order valence-corrected chi connectivity index (χ2v) is 7.96. The summed E-state index contributed by atoms with van der Waals surface area (Å²) >= 11 is 5.97. The number of pyridine rings is 2. The third-order valence-corrected chi connectivity index (χ3v) is 5.87. The molecule has 1 saturated heterocycles. The maximum absolute atomic E-state index is 6.30. The van der Waals surface area contributed by atoms with Crippen LogP contribution in [0.15, 0.2) is 61.1 Å². The number of halogens is 1. The van der Waals surface area contributed by atoms with Crippen LogP contribution >= 0.6 is 11.6 Å². The highest BCUT2D eigenvalue weighted by Crippen LogP contribution is 2.27. The Morgan fingerprint density at radius 3 is 2.45 bits per heavy atom. The fourth-order valence-electron chi connectivity index (χ4n) is 3.91. The summed E-state index contributed by atoms with van der Waals surface area (Å²) in [4.78, 5) is 11.2. The highest BCUT2D eigenvalue weighted by atomic mass is 35.5. The molecule has 0 aliphatic carbocycles. The van der Waals surface area contributed by atoms with Crippen LogP contribution in [0, 0.1) is 5.92 Å². The lowest BCUT2D eigenvalue weighted by Crippen LogP contribution is -2.34. The van der Waals surface area contributed by atoms with Gasteiger partial charge in [0.2, 0.25) is 0 Å². The molecule has 3 N–H and O–H groups in total. The molecule has 0 bridgehead atoms. The second-order valence-electron chi connectivity index (χ2n) is 7.53. The highest BCUT2D eigenvalue weighted by molar-refractivity contribution is 6.30. The van der Waals surface area contributed by atoms with Crippen LogP contribution in [0.1, 0.15) is 24.1 Å². The summed E-state index contributed by atoms with van der Waals surface area (Å²) in [6.07, 6.45) is 8.82. The van der Waals surface area contributed by atoms with Gasteiger partial charge in [-0.15, -0.1) is 0 Å². The summed E-state index contributed by atoms with van der Waals surface area (Å²) < 4.78 is 0. The van der Waals surface area contributed by atoms with Crippen molar-refractivity contribution in [1.29, 1.82) is 0 Å². The van der Waals surface area contributed by atoms with Crippen LogP contribution < -0.4 is 16.0 Å². The molecule has 1 aliphatic rings. The number of benzene rings is 1. The molecule has 3 heterocycles. The molecule has 6 heteroatoms. The van der Waals surface area contributed by atoms with Crippen molar-refractivity contribution in [3.63, 3.8) is 0 Å². The van der Waals surface area contributed by atoms with Gasteiger partial charge in [-0.1, -0.05) is 11.6 Å². The molecule has 1 aliphatic heterocycles. The lowest BCUT2D eigenvalue weighted by molar-refractivity contribution is 0.399. The molecular weight excluding hydrogens is 382 g/mol. The standard InChI is InChI=1S/C23H26ClN5/c24-18-1-3-19(4-2-18)28-16-21-22(25)7-12-27-23(21)15-17-8-13-29(14-9-17)20-5-10-26-11-6-20/h1-7,10-12,17,28H,8-9,13-16H2,(H2,25,27). The summed E-state index contributed by atoms with van der Waals surface area (Å²) in [7, 11) is 0. The first kappa shape index (κ1) is 19.5. The largest absolute Gasteiger partial charge is 0.398 e. The van der Waals surface area contributed by atoms with E-state index < -0.39 is 0 Å². The number of nitrogens with zero attached hydrogens (tertiary/aromatic N) is 3. The fraction of sp³-hybridized carbons (Fsp3) is 0.304. The molecule has 5 nitrogen and oxygen atoms in total. The minimum Gasteiger partial charge on any atom is -0.398 e. The van der Waals surface area contributed by atoms with Gasteiger partial charge in [0.25, 0.3) is 0 Å². The average molecular weight is 408 g/mol. The number of nitrogens with two attached hydrogens (primary N) is 1. The Kier molecular flexibility index (Phi) is 6.15. The first-order valence-electron chi connectivity index (χ1n) is 10.1. The van der Waals surface area contributed by atoms with Crippen molar-refractivity contribution in [1.82, 2.24) is 9.97 Å². The van der Waals surface area contributed by atoms with Crippen molar-refractivity contribution < 1.29 is 0 Å². The van der Waals surface area contributed by atoms with E-state index in [2.05, 4.69) is 32.3 Å². The van der Waals surface area contributed by atoms with Crippen molar-refractivity contribution in [2.45, 2.75) is 25.8 Å². The zero-order chi connectivity index (χ0) is 20.1. The molecule has 4 rings (SSSR count). The number of anilines is 3. The van der Waals surface area contributed by atoms with E-state index in [1.807, 2.05) is 48.9 Å². The van der Waals surface area contributed by atoms with Gasteiger partial charge in [-0.25, -0.2) is 0 Å². The maximum atomic E-state index is 6.30. The quantitative estimate of drug-likeness (QED) is 0.615. The molecule has 0 amide bonds. The molecule has 3 aromatic rings. The molecule has 150 valence electrons. The molecule has 1 aromatic carbocycles. The van der Waals surface area contributed by atoms with Crippen LogP contribution in [0.25, 0.3) is 0 Å². The van der Waals surface area contributed by atoms with Crippen molar-refractivity contribution in [3.05, 3.63) is 77.3 Å². The van der Waals surface area contributed by atoms with Gasteiger partial charge in [0.1, 0.15) is 0 Å². The molecule has 1 fully saturated rings. The molecule has 2 aromatic heterocycles. The molecule has 0 saturated carbocycles. The van der Waals surface area contributed by atoms with Gasteiger partial charge in [-0.05, 0) is 67.6 Å². The Labute approximate surface area is 176 Å².